The highest BCUT2D eigenvalue weighted by Crippen LogP contribution is 2.18. The number of rotatable bonds is 8. The molecule has 0 aliphatic rings. The normalized spacial score (nSPS) is 12.9. The summed E-state index contributed by atoms with van der Waals surface area (Å²) in [6.07, 6.45) is 0.939. The van der Waals surface area contributed by atoms with Crippen molar-refractivity contribution in [2.45, 2.75) is 51.5 Å². The Morgan fingerprint density at radius 1 is 1.14 bits per heavy atom. The zero-order valence-electron chi connectivity index (χ0n) is 13.5. The highest BCUT2D eigenvalue weighted by molar-refractivity contribution is 7.86. The Morgan fingerprint density at radius 2 is 1.71 bits per heavy atom. The predicted molar refractivity (Wildman–Crippen MR) is 83.8 cm³/mol. The fourth-order valence-corrected chi connectivity index (χ4v) is 2.65. The monoisotopic (exact) mass is 314 g/mol. The quantitative estimate of drug-likeness (QED) is 0.689. The lowest BCUT2D eigenvalue weighted by Gasteiger charge is -2.25. The molecule has 0 aliphatic heterocycles. The molecule has 21 heavy (non-hydrogen) atoms. The van der Waals surface area contributed by atoms with Crippen molar-refractivity contribution in [3.63, 3.8) is 0 Å². The van der Waals surface area contributed by atoms with Crippen LogP contribution in [0.1, 0.15) is 39.7 Å². The molecule has 0 aromatic heterocycles. The standard InChI is InChI=1S/C16H26O4S/c1-13(2)10-11-19-16(4,5)12-20-21(17,18)15-8-6-14(3)7-9-15/h6-9,13H,10-12H2,1-5H3. The molecule has 1 rings (SSSR count). The minimum Gasteiger partial charge on any atom is -0.373 e. The molecule has 5 heteroatoms. The van der Waals surface area contributed by atoms with Crippen molar-refractivity contribution >= 4 is 10.1 Å². The smallest absolute Gasteiger partial charge is 0.297 e. The molecule has 0 fully saturated rings. The lowest BCUT2D eigenvalue weighted by molar-refractivity contribution is -0.0490. The molecule has 0 radical (unpaired) electrons. The van der Waals surface area contributed by atoms with E-state index in [0.29, 0.717) is 12.5 Å². The highest BCUT2D eigenvalue weighted by Gasteiger charge is 2.24. The van der Waals surface area contributed by atoms with Crippen LogP contribution in [0.15, 0.2) is 29.2 Å². The molecule has 0 N–H and O–H groups in total. The first-order valence-corrected chi connectivity index (χ1v) is 8.63. The Bertz CT molecular complexity index is 530. The van der Waals surface area contributed by atoms with Crippen LogP contribution in [0.3, 0.4) is 0 Å². The summed E-state index contributed by atoms with van der Waals surface area (Å²) >= 11 is 0. The first-order valence-electron chi connectivity index (χ1n) is 7.22. The van der Waals surface area contributed by atoms with E-state index in [1.54, 1.807) is 24.3 Å². The Morgan fingerprint density at radius 3 is 2.24 bits per heavy atom. The summed E-state index contributed by atoms with van der Waals surface area (Å²) in [5.74, 6) is 0.554. The molecule has 4 nitrogen and oxygen atoms in total. The molecule has 0 saturated carbocycles. The van der Waals surface area contributed by atoms with Gasteiger partial charge in [0.1, 0.15) is 0 Å². The molecule has 0 amide bonds. The van der Waals surface area contributed by atoms with Gasteiger partial charge >= 0.3 is 0 Å². The van der Waals surface area contributed by atoms with Gasteiger partial charge in [0, 0.05) is 6.61 Å². The van der Waals surface area contributed by atoms with Crippen molar-refractivity contribution in [2.24, 2.45) is 5.92 Å². The third kappa shape index (κ3) is 6.59. The lowest BCUT2D eigenvalue weighted by atomic mass is 10.1. The van der Waals surface area contributed by atoms with Gasteiger partial charge in [0.2, 0.25) is 0 Å². The maximum Gasteiger partial charge on any atom is 0.297 e. The number of hydrogen-bond donors (Lipinski definition) is 0. The van der Waals surface area contributed by atoms with Gasteiger partial charge in [0.05, 0.1) is 17.1 Å². The maximum absolute atomic E-state index is 12.1. The molecular formula is C16H26O4S. The second-order valence-corrected chi connectivity index (χ2v) is 7.94. The van der Waals surface area contributed by atoms with Crippen molar-refractivity contribution < 1.29 is 17.3 Å². The van der Waals surface area contributed by atoms with Crippen LogP contribution in [0.2, 0.25) is 0 Å². The first kappa shape index (κ1) is 18.1. The molecule has 0 spiro atoms. The fourth-order valence-electron chi connectivity index (χ4n) is 1.61. The third-order valence-corrected chi connectivity index (χ3v) is 4.34. The van der Waals surface area contributed by atoms with Gasteiger partial charge in [0.15, 0.2) is 0 Å². The van der Waals surface area contributed by atoms with Gasteiger partial charge < -0.3 is 4.74 Å². The maximum atomic E-state index is 12.1. The number of benzene rings is 1. The van der Waals surface area contributed by atoms with E-state index >= 15 is 0 Å². The SMILES string of the molecule is Cc1ccc(S(=O)(=O)OCC(C)(C)OCCC(C)C)cc1. The van der Waals surface area contributed by atoms with Crippen LogP contribution in [0, 0.1) is 12.8 Å². The molecule has 1 aromatic rings. The summed E-state index contributed by atoms with van der Waals surface area (Å²) < 4.78 is 35.0. The van der Waals surface area contributed by atoms with Crippen molar-refractivity contribution in [1.82, 2.24) is 0 Å². The van der Waals surface area contributed by atoms with Gasteiger partial charge in [-0.05, 0) is 45.2 Å². The van der Waals surface area contributed by atoms with E-state index in [0.717, 1.165) is 12.0 Å². The number of aryl methyl sites for hydroxylation is 1. The van der Waals surface area contributed by atoms with E-state index in [9.17, 15) is 8.42 Å². The van der Waals surface area contributed by atoms with E-state index in [1.807, 2.05) is 20.8 Å². The zero-order chi connectivity index (χ0) is 16.1. The van der Waals surface area contributed by atoms with Gasteiger partial charge in [-0.15, -0.1) is 0 Å². The minimum atomic E-state index is -3.73. The van der Waals surface area contributed by atoms with Gasteiger partial charge in [-0.2, -0.15) is 8.42 Å². The Kier molecular flexibility index (Phi) is 6.38. The van der Waals surface area contributed by atoms with E-state index in [-0.39, 0.29) is 11.5 Å². The summed E-state index contributed by atoms with van der Waals surface area (Å²) in [5, 5.41) is 0. The largest absolute Gasteiger partial charge is 0.373 e. The summed E-state index contributed by atoms with van der Waals surface area (Å²) in [6, 6.07) is 6.61. The average Bonchev–Trinajstić information content (AvgIpc) is 2.36. The van der Waals surface area contributed by atoms with Crippen LogP contribution in [-0.4, -0.2) is 27.2 Å². The molecular weight excluding hydrogens is 288 g/mol. The van der Waals surface area contributed by atoms with Gasteiger partial charge in [0.25, 0.3) is 10.1 Å². The summed E-state index contributed by atoms with van der Waals surface area (Å²) in [4.78, 5) is 0.172. The molecule has 0 atom stereocenters. The van der Waals surface area contributed by atoms with Gasteiger partial charge in [-0.3, -0.25) is 4.18 Å². The predicted octanol–water partition coefficient (Wildman–Crippen LogP) is 3.54. The lowest BCUT2D eigenvalue weighted by Crippen LogP contribution is -2.32. The Labute approximate surface area is 128 Å². The van der Waals surface area contributed by atoms with Crippen molar-refractivity contribution in [1.29, 1.82) is 0 Å². The summed E-state index contributed by atoms with van der Waals surface area (Å²) in [7, 11) is -3.73. The molecule has 1 aromatic carbocycles. The van der Waals surface area contributed by atoms with E-state index in [4.69, 9.17) is 8.92 Å². The molecule has 120 valence electrons. The second kappa shape index (κ2) is 7.38. The number of ether oxygens (including phenoxy) is 1. The zero-order valence-corrected chi connectivity index (χ0v) is 14.4. The van der Waals surface area contributed by atoms with Gasteiger partial charge in [-0.1, -0.05) is 31.5 Å². The third-order valence-electron chi connectivity index (χ3n) is 3.06. The number of hydrogen-bond acceptors (Lipinski definition) is 4. The van der Waals surface area contributed by atoms with Crippen LogP contribution in [0.25, 0.3) is 0 Å². The van der Waals surface area contributed by atoms with E-state index in [1.165, 1.54) is 0 Å². The first-order chi connectivity index (χ1) is 9.62. The Balaban J connectivity index is 2.58. The molecule has 0 bridgehead atoms. The van der Waals surface area contributed by atoms with E-state index < -0.39 is 15.7 Å². The molecule has 0 aliphatic carbocycles. The highest BCUT2D eigenvalue weighted by atomic mass is 32.2. The van der Waals surface area contributed by atoms with Gasteiger partial charge in [-0.25, -0.2) is 0 Å². The molecule has 0 heterocycles. The summed E-state index contributed by atoms with van der Waals surface area (Å²) in [6.45, 7) is 10.4. The van der Waals surface area contributed by atoms with Crippen LogP contribution < -0.4 is 0 Å². The van der Waals surface area contributed by atoms with Crippen LogP contribution >= 0.6 is 0 Å². The van der Waals surface area contributed by atoms with Crippen molar-refractivity contribution in [2.75, 3.05) is 13.2 Å². The molecule has 0 unspecified atom stereocenters. The Hall–Kier alpha value is -0.910. The molecule has 0 saturated heterocycles. The van der Waals surface area contributed by atoms with Crippen LogP contribution in [0.5, 0.6) is 0 Å². The fraction of sp³-hybridized carbons (Fsp3) is 0.625. The average molecular weight is 314 g/mol. The minimum absolute atomic E-state index is 0.00129. The van der Waals surface area contributed by atoms with Crippen molar-refractivity contribution in [3.05, 3.63) is 29.8 Å². The summed E-state index contributed by atoms with van der Waals surface area (Å²) in [5.41, 5.74) is 0.374. The van der Waals surface area contributed by atoms with Crippen LogP contribution in [-0.2, 0) is 19.0 Å². The van der Waals surface area contributed by atoms with Crippen LogP contribution in [0.4, 0.5) is 0 Å². The van der Waals surface area contributed by atoms with E-state index in [2.05, 4.69) is 13.8 Å². The topological polar surface area (TPSA) is 52.6 Å². The van der Waals surface area contributed by atoms with Crippen molar-refractivity contribution in [3.8, 4) is 0 Å². The second-order valence-electron chi connectivity index (χ2n) is 6.32.